The van der Waals surface area contributed by atoms with Gasteiger partial charge >= 0.3 is 0 Å². The Morgan fingerprint density at radius 2 is 2.19 bits per heavy atom. The molecule has 1 aliphatic rings. The highest BCUT2D eigenvalue weighted by Crippen LogP contribution is 2.43. The van der Waals surface area contributed by atoms with Crippen LogP contribution in [0.3, 0.4) is 0 Å². The zero-order valence-electron chi connectivity index (χ0n) is 17.5. The number of aromatic nitrogens is 3. The van der Waals surface area contributed by atoms with Crippen molar-refractivity contribution in [3.8, 4) is 16.2 Å². The maximum atomic E-state index is 12.1. The van der Waals surface area contributed by atoms with Crippen molar-refractivity contribution < 1.29 is 9.53 Å². The maximum absolute atomic E-state index is 12.1. The lowest BCUT2D eigenvalue weighted by Gasteiger charge is -2.14. The predicted molar refractivity (Wildman–Crippen MR) is 124 cm³/mol. The lowest BCUT2D eigenvalue weighted by atomic mass is 10.0. The summed E-state index contributed by atoms with van der Waals surface area (Å²) in [6.45, 7) is 7.01. The van der Waals surface area contributed by atoms with Gasteiger partial charge in [0.15, 0.2) is 5.82 Å². The fourth-order valence-electron chi connectivity index (χ4n) is 4.45. The number of hydrogen-bond donors (Lipinski definition) is 1. The molecular formula is C23H23N5O2S. The molecule has 5 rings (SSSR count). The minimum absolute atomic E-state index is 0.0373. The molecule has 158 valence electrons. The Hall–Kier alpha value is -3.39. The SMILES string of the molecule is C=CC(=O)N1CC[C@H](c2cc(-c3cc4cc(C)cc(OC)c4s3)c3c(N)ncnn23)C1. The highest BCUT2D eigenvalue weighted by atomic mass is 32.1. The van der Waals surface area contributed by atoms with E-state index in [4.69, 9.17) is 10.5 Å². The number of carbonyl (C=O) groups is 1. The number of rotatable bonds is 4. The van der Waals surface area contributed by atoms with Gasteiger partial charge in [-0.3, -0.25) is 4.79 Å². The summed E-state index contributed by atoms with van der Waals surface area (Å²) in [4.78, 5) is 19.2. The zero-order chi connectivity index (χ0) is 21.7. The first kappa shape index (κ1) is 19.6. The number of methoxy groups -OCH3 is 1. The number of thiophene rings is 1. The number of nitrogen functional groups attached to an aromatic ring is 1. The van der Waals surface area contributed by atoms with Gasteiger partial charge in [0.05, 0.1) is 11.8 Å². The normalized spacial score (nSPS) is 16.3. The van der Waals surface area contributed by atoms with Crippen molar-refractivity contribution in [1.82, 2.24) is 19.5 Å². The Morgan fingerprint density at radius 1 is 1.35 bits per heavy atom. The Balaban J connectivity index is 1.66. The minimum atomic E-state index is -0.0373. The van der Waals surface area contributed by atoms with E-state index in [1.165, 1.54) is 12.4 Å². The van der Waals surface area contributed by atoms with Crippen LogP contribution < -0.4 is 10.5 Å². The summed E-state index contributed by atoms with van der Waals surface area (Å²) in [5.74, 6) is 1.44. The van der Waals surface area contributed by atoms with Gasteiger partial charge < -0.3 is 15.4 Å². The summed E-state index contributed by atoms with van der Waals surface area (Å²) in [6.07, 6.45) is 3.72. The molecule has 1 aliphatic heterocycles. The van der Waals surface area contributed by atoms with Crippen molar-refractivity contribution in [2.24, 2.45) is 0 Å². The van der Waals surface area contributed by atoms with E-state index >= 15 is 0 Å². The summed E-state index contributed by atoms with van der Waals surface area (Å²) in [5.41, 5.74) is 10.3. The van der Waals surface area contributed by atoms with Gasteiger partial charge in [-0.25, -0.2) is 9.50 Å². The van der Waals surface area contributed by atoms with Gasteiger partial charge in [0.25, 0.3) is 0 Å². The molecule has 0 bridgehead atoms. The number of nitrogens with two attached hydrogens (primary N) is 1. The third kappa shape index (κ3) is 3.14. The summed E-state index contributed by atoms with van der Waals surface area (Å²) in [7, 11) is 1.70. The molecule has 1 aromatic carbocycles. The van der Waals surface area contributed by atoms with Crippen molar-refractivity contribution in [2.75, 3.05) is 25.9 Å². The Morgan fingerprint density at radius 3 is 2.97 bits per heavy atom. The zero-order valence-corrected chi connectivity index (χ0v) is 18.3. The van der Waals surface area contributed by atoms with Gasteiger partial charge in [0.1, 0.15) is 17.6 Å². The van der Waals surface area contributed by atoms with E-state index in [1.807, 2.05) is 15.5 Å². The summed E-state index contributed by atoms with van der Waals surface area (Å²) >= 11 is 1.67. The molecule has 0 unspecified atom stereocenters. The third-order valence-electron chi connectivity index (χ3n) is 5.91. The monoisotopic (exact) mass is 433 g/mol. The van der Waals surface area contributed by atoms with Crippen LogP contribution in [0.5, 0.6) is 5.75 Å². The van der Waals surface area contributed by atoms with Crippen molar-refractivity contribution in [1.29, 1.82) is 0 Å². The third-order valence-corrected chi connectivity index (χ3v) is 7.11. The molecule has 8 heteroatoms. The van der Waals surface area contributed by atoms with Gasteiger partial charge in [0.2, 0.25) is 5.91 Å². The quantitative estimate of drug-likeness (QED) is 0.492. The molecule has 4 aromatic rings. The molecule has 31 heavy (non-hydrogen) atoms. The molecule has 0 aliphatic carbocycles. The van der Waals surface area contributed by atoms with Crippen LogP contribution in [0.15, 0.2) is 43.2 Å². The lowest BCUT2D eigenvalue weighted by molar-refractivity contribution is -0.125. The average molecular weight is 434 g/mol. The molecule has 2 N–H and O–H groups in total. The average Bonchev–Trinajstić information content (AvgIpc) is 3.48. The molecule has 1 atom stereocenters. The van der Waals surface area contributed by atoms with Gasteiger partial charge in [-0.15, -0.1) is 11.3 Å². The maximum Gasteiger partial charge on any atom is 0.245 e. The lowest BCUT2D eigenvalue weighted by Crippen LogP contribution is -2.26. The van der Waals surface area contributed by atoms with E-state index < -0.39 is 0 Å². The second-order valence-corrected chi connectivity index (χ2v) is 8.91. The van der Waals surface area contributed by atoms with E-state index in [-0.39, 0.29) is 11.8 Å². The topological polar surface area (TPSA) is 85.8 Å². The number of anilines is 1. The molecule has 3 aromatic heterocycles. The van der Waals surface area contributed by atoms with Crippen LogP contribution >= 0.6 is 11.3 Å². The van der Waals surface area contributed by atoms with Gasteiger partial charge in [-0.05, 0) is 48.6 Å². The molecule has 0 radical (unpaired) electrons. The van der Waals surface area contributed by atoms with E-state index in [9.17, 15) is 4.79 Å². The van der Waals surface area contributed by atoms with Gasteiger partial charge in [0, 0.05) is 35.1 Å². The molecule has 4 heterocycles. The largest absolute Gasteiger partial charge is 0.495 e. The molecule has 0 saturated carbocycles. The number of carbonyl (C=O) groups excluding carboxylic acids is 1. The van der Waals surface area contributed by atoms with Crippen LogP contribution in [0.2, 0.25) is 0 Å². The van der Waals surface area contributed by atoms with Crippen LogP contribution in [0.1, 0.15) is 23.6 Å². The summed E-state index contributed by atoms with van der Waals surface area (Å²) < 4.78 is 8.60. The van der Waals surface area contributed by atoms with E-state index in [0.29, 0.717) is 18.9 Å². The fraction of sp³-hybridized carbons (Fsp3) is 0.261. The number of likely N-dealkylation sites (tertiary alicyclic amines) is 1. The Labute approximate surface area is 183 Å². The number of hydrogen-bond acceptors (Lipinski definition) is 6. The molecule has 0 spiro atoms. The fourth-order valence-corrected chi connectivity index (χ4v) is 5.60. The smallest absolute Gasteiger partial charge is 0.245 e. The van der Waals surface area contributed by atoms with Crippen molar-refractivity contribution in [2.45, 2.75) is 19.3 Å². The Kier molecular flexibility index (Phi) is 4.66. The second-order valence-electron chi connectivity index (χ2n) is 7.86. The van der Waals surface area contributed by atoms with Crippen LogP contribution in [0.4, 0.5) is 5.82 Å². The Bertz CT molecular complexity index is 1340. The number of ether oxygens (including phenoxy) is 1. The summed E-state index contributed by atoms with van der Waals surface area (Å²) in [6, 6.07) is 8.53. The van der Waals surface area contributed by atoms with Crippen molar-refractivity contribution in [3.05, 3.63) is 54.5 Å². The predicted octanol–water partition coefficient (Wildman–Crippen LogP) is 4.01. The van der Waals surface area contributed by atoms with E-state index in [0.717, 1.165) is 49.5 Å². The first-order valence-corrected chi connectivity index (χ1v) is 10.9. The first-order valence-electron chi connectivity index (χ1n) is 10.1. The van der Waals surface area contributed by atoms with Gasteiger partial charge in [-0.2, -0.15) is 5.10 Å². The first-order chi connectivity index (χ1) is 15.0. The van der Waals surface area contributed by atoms with Crippen LogP contribution in [0, 0.1) is 6.92 Å². The van der Waals surface area contributed by atoms with E-state index in [1.54, 1.807) is 18.4 Å². The minimum Gasteiger partial charge on any atom is -0.495 e. The highest BCUT2D eigenvalue weighted by molar-refractivity contribution is 7.22. The van der Waals surface area contributed by atoms with Crippen LogP contribution in [-0.2, 0) is 4.79 Å². The molecule has 1 fully saturated rings. The standard InChI is InChI=1S/C23H23N5O2S/c1-4-20(29)27-6-5-14(11-27)17-10-16(21-23(24)25-12-26-28(17)21)19-9-15-7-13(2)8-18(30-3)22(15)31-19/h4,7-10,12,14H,1,5-6,11H2,2-3H3,(H2,24,25,26)/t14-/m0/s1. The number of nitrogens with zero attached hydrogens (tertiary/aromatic N) is 4. The molecule has 1 saturated heterocycles. The number of amides is 1. The van der Waals surface area contributed by atoms with Crippen molar-refractivity contribution in [3.63, 3.8) is 0 Å². The second kappa shape index (κ2) is 7.39. The van der Waals surface area contributed by atoms with Crippen molar-refractivity contribution >= 4 is 38.7 Å². The molecule has 7 nitrogen and oxygen atoms in total. The van der Waals surface area contributed by atoms with Crippen LogP contribution in [-0.4, -0.2) is 45.6 Å². The highest BCUT2D eigenvalue weighted by Gasteiger charge is 2.30. The molecular weight excluding hydrogens is 410 g/mol. The number of benzene rings is 1. The van der Waals surface area contributed by atoms with Gasteiger partial charge in [-0.1, -0.05) is 12.6 Å². The summed E-state index contributed by atoms with van der Waals surface area (Å²) in [5, 5.41) is 5.64. The van der Waals surface area contributed by atoms with E-state index in [2.05, 4.69) is 41.8 Å². The number of aryl methyl sites for hydroxylation is 1. The molecule has 1 amide bonds. The van der Waals surface area contributed by atoms with Crippen LogP contribution in [0.25, 0.3) is 26.0 Å². The number of fused-ring (bicyclic) bond motifs is 2.